The number of ether oxygens (including phenoxy) is 2. The van der Waals surface area contributed by atoms with Crippen LogP contribution in [0.3, 0.4) is 0 Å². The van der Waals surface area contributed by atoms with E-state index in [0.29, 0.717) is 19.4 Å². The molecule has 0 unspecified atom stereocenters. The van der Waals surface area contributed by atoms with Gasteiger partial charge < -0.3 is 9.47 Å². The molecule has 0 atom stereocenters. The van der Waals surface area contributed by atoms with E-state index in [1.807, 2.05) is 6.92 Å². The van der Waals surface area contributed by atoms with Crippen molar-refractivity contribution in [1.29, 1.82) is 0 Å². The molecule has 3 nitrogen and oxygen atoms in total. The van der Waals surface area contributed by atoms with Gasteiger partial charge in [0, 0.05) is 0 Å². The van der Waals surface area contributed by atoms with Gasteiger partial charge in [-0.05, 0) is 32.6 Å². The lowest BCUT2D eigenvalue weighted by Gasteiger charge is -2.28. The summed E-state index contributed by atoms with van der Waals surface area (Å²) in [7, 11) is 0. The molecule has 0 aliphatic heterocycles. The van der Waals surface area contributed by atoms with Gasteiger partial charge in [-0.1, -0.05) is 12.2 Å². The lowest BCUT2D eigenvalue weighted by molar-refractivity contribution is -0.163. The van der Waals surface area contributed by atoms with Crippen molar-refractivity contribution in [2.75, 3.05) is 6.61 Å². The van der Waals surface area contributed by atoms with Gasteiger partial charge in [-0.2, -0.15) is 13.2 Å². The smallest absolute Gasteiger partial charge is 0.389 e. The number of hydrogen-bond acceptors (Lipinski definition) is 3. The summed E-state index contributed by atoms with van der Waals surface area (Å²) in [5, 5.41) is 0. The minimum Gasteiger partial charge on any atom is -0.462 e. The molecule has 0 heterocycles. The zero-order valence-corrected chi connectivity index (χ0v) is 11.7. The first-order chi connectivity index (χ1) is 9.26. The molecular weight excluding hydrogens is 273 g/mol. The van der Waals surface area contributed by atoms with Crippen molar-refractivity contribution in [1.82, 2.24) is 0 Å². The van der Waals surface area contributed by atoms with E-state index in [-0.39, 0.29) is 12.2 Å². The summed E-state index contributed by atoms with van der Waals surface area (Å²) in [4.78, 5) is 11.3. The fourth-order valence-electron chi connectivity index (χ4n) is 2.07. The van der Waals surface area contributed by atoms with Gasteiger partial charge in [0.15, 0.2) is 0 Å². The Labute approximate surface area is 117 Å². The van der Waals surface area contributed by atoms with E-state index in [1.165, 1.54) is 0 Å². The highest BCUT2D eigenvalue weighted by Gasteiger charge is 2.30. The molecule has 0 spiro atoms. The van der Waals surface area contributed by atoms with Crippen LogP contribution < -0.4 is 0 Å². The molecule has 0 saturated heterocycles. The van der Waals surface area contributed by atoms with Crippen LogP contribution in [0.2, 0.25) is 0 Å². The molecule has 0 N–H and O–H groups in total. The van der Waals surface area contributed by atoms with Crippen LogP contribution in [-0.2, 0) is 14.3 Å². The second-order valence-electron chi connectivity index (χ2n) is 5.27. The molecule has 20 heavy (non-hydrogen) atoms. The van der Waals surface area contributed by atoms with Crippen molar-refractivity contribution in [2.45, 2.75) is 63.8 Å². The van der Waals surface area contributed by atoms with Crippen molar-refractivity contribution >= 4 is 5.97 Å². The summed E-state index contributed by atoms with van der Waals surface area (Å²) in [5.74, 6) is -0.770. The quantitative estimate of drug-likeness (QED) is 0.552. The average Bonchev–Trinajstić information content (AvgIpc) is 2.35. The van der Waals surface area contributed by atoms with E-state index in [1.54, 1.807) is 0 Å². The summed E-state index contributed by atoms with van der Waals surface area (Å²) < 4.78 is 46.5. The number of carbonyl (C=O) groups is 1. The van der Waals surface area contributed by atoms with Crippen LogP contribution in [0, 0.1) is 0 Å². The molecule has 0 aromatic rings. The van der Waals surface area contributed by atoms with Crippen LogP contribution in [0.5, 0.6) is 0 Å². The first-order valence-corrected chi connectivity index (χ1v) is 6.78. The third-order valence-corrected chi connectivity index (χ3v) is 3.10. The van der Waals surface area contributed by atoms with Crippen LogP contribution in [0.1, 0.15) is 45.4 Å². The van der Waals surface area contributed by atoms with E-state index in [9.17, 15) is 18.0 Å². The SMILES string of the molecule is C=C(C)COC1CCC(OC(=O)CCC(F)(F)F)CC1. The van der Waals surface area contributed by atoms with E-state index in [2.05, 4.69) is 6.58 Å². The summed E-state index contributed by atoms with van der Waals surface area (Å²) >= 11 is 0. The standard InChI is InChI=1S/C14H21F3O3/c1-10(2)9-19-11-3-5-12(6-4-11)20-13(18)7-8-14(15,16)17/h11-12H,1,3-9H2,2H3. The Kier molecular flexibility index (Phi) is 6.52. The Bertz CT molecular complexity index is 331. The van der Waals surface area contributed by atoms with Crippen molar-refractivity contribution in [3.8, 4) is 0 Å². The molecule has 1 saturated carbocycles. The number of esters is 1. The molecule has 0 aromatic heterocycles. The summed E-state index contributed by atoms with van der Waals surface area (Å²) in [6.45, 7) is 6.15. The normalized spacial score (nSPS) is 23.4. The fraction of sp³-hybridized carbons (Fsp3) is 0.786. The predicted molar refractivity (Wildman–Crippen MR) is 68.2 cm³/mol. The summed E-state index contributed by atoms with van der Waals surface area (Å²) in [6, 6.07) is 0. The van der Waals surface area contributed by atoms with Crippen LogP contribution in [0.4, 0.5) is 13.2 Å². The Morgan fingerprint density at radius 1 is 1.20 bits per heavy atom. The molecule has 0 aromatic carbocycles. The molecule has 1 aliphatic carbocycles. The van der Waals surface area contributed by atoms with Crippen molar-refractivity contribution in [2.24, 2.45) is 0 Å². The Morgan fingerprint density at radius 2 is 1.75 bits per heavy atom. The Balaban J connectivity index is 2.18. The van der Waals surface area contributed by atoms with Gasteiger partial charge in [-0.3, -0.25) is 4.79 Å². The minimum atomic E-state index is -4.31. The number of halogens is 3. The molecule has 116 valence electrons. The molecular formula is C14H21F3O3. The van der Waals surface area contributed by atoms with Crippen LogP contribution in [0.25, 0.3) is 0 Å². The zero-order valence-electron chi connectivity index (χ0n) is 11.7. The van der Waals surface area contributed by atoms with Crippen molar-refractivity contribution < 1.29 is 27.4 Å². The van der Waals surface area contributed by atoms with Gasteiger partial charge in [-0.25, -0.2) is 0 Å². The van der Waals surface area contributed by atoms with Crippen LogP contribution >= 0.6 is 0 Å². The summed E-state index contributed by atoms with van der Waals surface area (Å²) in [6.07, 6.45) is -3.41. The first-order valence-electron chi connectivity index (χ1n) is 6.78. The maximum Gasteiger partial charge on any atom is 0.389 e. The van der Waals surface area contributed by atoms with Gasteiger partial charge >= 0.3 is 12.1 Å². The molecule has 0 amide bonds. The lowest BCUT2D eigenvalue weighted by Crippen LogP contribution is -2.29. The second-order valence-corrected chi connectivity index (χ2v) is 5.27. The number of rotatable bonds is 6. The van der Waals surface area contributed by atoms with E-state index >= 15 is 0 Å². The molecule has 1 fully saturated rings. The molecule has 0 bridgehead atoms. The third kappa shape index (κ3) is 7.53. The highest BCUT2D eigenvalue weighted by atomic mass is 19.4. The lowest BCUT2D eigenvalue weighted by atomic mass is 9.95. The topological polar surface area (TPSA) is 35.5 Å². The van der Waals surface area contributed by atoms with E-state index in [0.717, 1.165) is 18.4 Å². The highest BCUT2D eigenvalue weighted by Crippen LogP contribution is 2.26. The first kappa shape index (κ1) is 17.0. The Hall–Kier alpha value is -1.04. The number of hydrogen-bond donors (Lipinski definition) is 0. The maximum atomic E-state index is 12.0. The van der Waals surface area contributed by atoms with Gasteiger partial charge in [0.1, 0.15) is 6.10 Å². The van der Waals surface area contributed by atoms with Gasteiger partial charge in [-0.15, -0.1) is 0 Å². The highest BCUT2D eigenvalue weighted by molar-refractivity contribution is 5.69. The van der Waals surface area contributed by atoms with Gasteiger partial charge in [0.2, 0.25) is 0 Å². The molecule has 1 rings (SSSR count). The average molecular weight is 294 g/mol. The molecule has 6 heteroatoms. The maximum absolute atomic E-state index is 12.0. The van der Waals surface area contributed by atoms with Crippen LogP contribution in [0.15, 0.2) is 12.2 Å². The molecule has 0 radical (unpaired) electrons. The monoisotopic (exact) mass is 294 g/mol. The van der Waals surface area contributed by atoms with Crippen molar-refractivity contribution in [3.05, 3.63) is 12.2 Å². The predicted octanol–water partition coefficient (Wildman–Crippen LogP) is 3.78. The number of alkyl halides is 3. The largest absolute Gasteiger partial charge is 0.462 e. The second kappa shape index (κ2) is 7.67. The van der Waals surface area contributed by atoms with Crippen LogP contribution in [-0.4, -0.2) is 31.0 Å². The zero-order chi connectivity index (χ0) is 15.2. The number of carbonyl (C=O) groups excluding carboxylic acids is 1. The fourth-order valence-corrected chi connectivity index (χ4v) is 2.07. The molecule has 1 aliphatic rings. The van der Waals surface area contributed by atoms with Gasteiger partial charge in [0.25, 0.3) is 0 Å². The minimum absolute atomic E-state index is 0.122. The van der Waals surface area contributed by atoms with E-state index < -0.39 is 25.0 Å². The van der Waals surface area contributed by atoms with Crippen molar-refractivity contribution in [3.63, 3.8) is 0 Å². The summed E-state index contributed by atoms with van der Waals surface area (Å²) in [5.41, 5.74) is 0.950. The third-order valence-electron chi connectivity index (χ3n) is 3.10. The van der Waals surface area contributed by atoms with E-state index in [4.69, 9.17) is 9.47 Å². The van der Waals surface area contributed by atoms with Gasteiger partial charge in [0.05, 0.1) is 25.6 Å². The Morgan fingerprint density at radius 3 is 2.25 bits per heavy atom.